The van der Waals surface area contributed by atoms with Gasteiger partial charge in [0.1, 0.15) is 11.5 Å². The Labute approximate surface area is 182 Å². The average Bonchev–Trinajstić information content (AvgIpc) is 2.68. The fourth-order valence-electron chi connectivity index (χ4n) is 2.03. The predicted octanol–water partition coefficient (Wildman–Crippen LogP) is 5.31. The van der Waals surface area contributed by atoms with Crippen LogP contribution in [0.25, 0.3) is 0 Å². The fourth-order valence-corrected chi connectivity index (χ4v) is 2.03. The third-order valence-corrected chi connectivity index (χ3v) is 3.50. The molecule has 30 heavy (non-hydrogen) atoms. The number of rotatable bonds is 5. The highest BCUT2D eigenvalue weighted by Gasteiger charge is 2.10. The van der Waals surface area contributed by atoms with E-state index in [0.717, 1.165) is 22.8 Å². The van der Waals surface area contributed by atoms with Gasteiger partial charge in [0.25, 0.3) is 5.69 Å². The minimum atomic E-state index is -0.435. The Kier molecular flexibility index (Phi) is 16.5. The molecule has 2 N–H and O–H groups in total. The molecular formula is C22H40N4O4. The van der Waals surface area contributed by atoms with Gasteiger partial charge in [-0.3, -0.25) is 10.1 Å². The van der Waals surface area contributed by atoms with Gasteiger partial charge < -0.3 is 25.0 Å². The number of nitro groups is 1. The number of anilines is 3. The topological polar surface area (TPSA) is 94.1 Å². The van der Waals surface area contributed by atoms with Crippen molar-refractivity contribution in [3.05, 3.63) is 46.5 Å². The maximum absolute atomic E-state index is 10.6. The molecule has 0 aromatic heterocycles. The highest BCUT2D eigenvalue weighted by molar-refractivity contribution is 5.60. The Balaban J connectivity index is -0.000000426. The van der Waals surface area contributed by atoms with Crippen molar-refractivity contribution < 1.29 is 14.4 Å². The van der Waals surface area contributed by atoms with Gasteiger partial charge in [-0.1, -0.05) is 28.7 Å². The summed E-state index contributed by atoms with van der Waals surface area (Å²) in [6.45, 7) is 4.00. The lowest BCUT2D eigenvalue weighted by Gasteiger charge is -2.14. The van der Waals surface area contributed by atoms with E-state index >= 15 is 0 Å². The van der Waals surface area contributed by atoms with E-state index in [1.54, 1.807) is 24.1 Å². The fraction of sp³-hybridized carbons (Fsp3) is 0.455. The summed E-state index contributed by atoms with van der Waals surface area (Å²) in [6, 6.07) is 10.3. The minimum Gasteiger partial charge on any atom is -0.497 e. The number of nitro benzene ring substituents is 1. The normalized spacial score (nSPS) is 8.53. The second-order valence-electron chi connectivity index (χ2n) is 5.90. The Morgan fingerprint density at radius 3 is 1.57 bits per heavy atom. The van der Waals surface area contributed by atoms with E-state index in [1.165, 1.54) is 19.2 Å². The van der Waals surface area contributed by atoms with Gasteiger partial charge in [-0.25, -0.2) is 0 Å². The van der Waals surface area contributed by atoms with Gasteiger partial charge in [-0.15, -0.1) is 0 Å². The molecule has 0 bridgehead atoms. The molecule has 2 rings (SSSR count). The first-order valence-corrected chi connectivity index (χ1v) is 8.80. The number of nitrogen functional groups attached to an aromatic ring is 1. The van der Waals surface area contributed by atoms with Crippen LogP contribution in [-0.4, -0.2) is 47.3 Å². The third-order valence-electron chi connectivity index (χ3n) is 3.50. The number of non-ortho nitro benzene ring substituents is 1. The van der Waals surface area contributed by atoms with Crippen LogP contribution in [0.3, 0.4) is 0 Å². The van der Waals surface area contributed by atoms with Crippen LogP contribution >= 0.6 is 0 Å². The number of nitrogens with zero attached hydrogens (tertiary/aromatic N) is 3. The molecule has 0 saturated heterocycles. The molecule has 0 aliphatic carbocycles. The van der Waals surface area contributed by atoms with Gasteiger partial charge in [0.05, 0.1) is 25.2 Å². The van der Waals surface area contributed by atoms with Crippen LogP contribution in [0.2, 0.25) is 0 Å². The Hall–Kier alpha value is -3.16. The van der Waals surface area contributed by atoms with Gasteiger partial charge in [0, 0.05) is 69.5 Å². The van der Waals surface area contributed by atoms with Crippen molar-refractivity contribution in [2.24, 2.45) is 0 Å². The molecule has 8 nitrogen and oxygen atoms in total. The minimum absolute atomic E-state index is 0. The van der Waals surface area contributed by atoms with Crippen LogP contribution in [0.1, 0.15) is 28.7 Å². The Bertz CT molecular complexity index is 750. The van der Waals surface area contributed by atoms with Crippen LogP contribution < -0.4 is 25.0 Å². The number of hydrogen-bond acceptors (Lipinski definition) is 7. The summed E-state index contributed by atoms with van der Waals surface area (Å²) >= 11 is 0. The lowest BCUT2D eigenvalue weighted by molar-refractivity contribution is -0.384. The van der Waals surface area contributed by atoms with Crippen molar-refractivity contribution in [3.8, 4) is 11.5 Å². The average molecular weight is 425 g/mol. The number of nitrogens with two attached hydrogens (primary N) is 1. The lowest BCUT2D eigenvalue weighted by atomic mass is 10.2. The zero-order valence-electron chi connectivity index (χ0n) is 18.0. The van der Waals surface area contributed by atoms with E-state index in [4.69, 9.17) is 15.2 Å². The predicted molar refractivity (Wildman–Crippen MR) is 131 cm³/mol. The van der Waals surface area contributed by atoms with Gasteiger partial charge >= 0.3 is 0 Å². The summed E-state index contributed by atoms with van der Waals surface area (Å²) in [5.41, 5.74) is 8.22. The van der Waals surface area contributed by atoms with E-state index in [9.17, 15) is 10.1 Å². The van der Waals surface area contributed by atoms with E-state index in [2.05, 4.69) is 0 Å². The first-order valence-electron chi connectivity index (χ1n) is 8.80. The zero-order valence-corrected chi connectivity index (χ0v) is 18.0. The molecule has 0 spiro atoms. The SMILES string of the molecule is C.C.CC.COc1cc(N(C)C)cc([N+](=O)[O-])c1.COc1cc(N)cc(N(C)C)c1. The molecule has 8 heteroatoms. The van der Waals surface area contributed by atoms with Crippen molar-refractivity contribution in [1.29, 1.82) is 0 Å². The summed E-state index contributed by atoms with van der Waals surface area (Å²) in [5, 5.41) is 10.6. The maximum Gasteiger partial charge on any atom is 0.275 e. The zero-order chi connectivity index (χ0) is 21.9. The smallest absolute Gasteiger partial charge is 0.275 e. The molecule has 2 aromatic carbocycles. The molecule has 0 unspecified atom stereocenters. The molecule has 172 valence electrons. The molecule has 0 atom stereocenters. The number of ether oxygens (including phenoxy) is 2. The van der Waals surface area contributed by atoms with Crippen LogP contribution in [0.5, 0.6) is 11.5 Å². The second-order valence-corrected chi connectivity index (χ2v) is 5.90. The standard InChI is InChI=1S/C9H12N2O3.C9H14N2O.C2H6.2CH4/c1-10(2)7-4-8(11(12)13)6-9(5-7)14-3;1-11(2)8-4-7(10)5-9(6-8)12-3;1-2;;/h4-6H,1-3H3;4-6H,10H2,1-3H3;1-2H3;2*1H4. The molecule has 0 heterocycles. The second kappa shape index (κ2) is 15.7. The largest absolute Gasteiger partial charge is 0.497 e. The summed E-state index contributed by atoms with van der Waals surface area (Å²) in [7, 11) is 10.7. The third kappa shape index (κ3) is 10.4. The van der Waals surface area contributed by atoms with E-state index < -0.39 is 4.92 Å². The maximum atomic E-state index is 10.6. The van der Waals surface area contributed by atoms with Crippen LogP contribution in [-0.2, 0) is 0 Å². The molecule has 0 aliphatic heterocycles. The summed E-state index contributed by atoms with van der Waals surface area (Å²) in [6.07, 6.45) is 0. The summed E-state index contributed by atoms with van der Waals surface area (Å²) < 4.78 is 10.0. The van der Waals surface area contributed by atoms with E-state index in [-0.39, 0.29) is 20.5 Å². The quantitative estimate of drug-likeness (QED) is 0.395. The summed E-state index contributed by atoms with van der Waals surface area (Å²) in [5.74, 6) is 1.28. The lowest BCUT2D eigenvalue weighted by Crippen LogP contribution is -2.09. The van der Waals surface area contributed by atoms with Gasteiger partial charge in [-0.05, 0) is 6.07 Å². The van der Waals surface area contributed by atoms with Crippen LogP contribution in [0.15, 0.2) is 36.4 Å². The highest BCUT2D eigenvalue weighted by Crippen LogP contribution is 2.27. The summed E-state index contributed by atoms with van der Waals surface area (Å²) in [4.78, 5) is 13.9. The monoisotopic (exact) mass is 424 g/mol. The number of hydrogen-bond donors (Lipinski definition) is 1. The molecule has 0 radical (unpaired) electrons. The molecular weight excluding hydrogens is 384 g/mol. The Morgan fingerprint density at radius 1 is 0.800 bits per heavy atom. The number of benzene rings is 2. The molecule has 0 saturated carbocycles. The van der Waals surface area contributed by atoms with Crippen LogP contribution in [0.4, 0.5) is 22.7 Å². The van der Waals surface area contributed by atoms with Crippen molar-refractivity contribution in [3.63, 3.8) is 0 Å². The van der Waals surface area contributed by atoms with Crippen molar-refractivity contribution in [2.75, 3.05) is 57.9 Å². The first kappa shape index (κ1) is 31.5. The Morgan fingerprint density at radius 2 is 1.20 bits per heavy atom. The van der Waals surface area contributed by atoms with Crippen molar-refractivity contribution >= 4 is 22.7 Å². The first-order chi connectivity index (χ1) is 13.2. The van der Waals surface area contributed by atoms with Crippen molar-refractivity contribution in [1.82, 2.24) is 0 Å². The highest BCUT2D eigenvalue weighted by atomic mass is 16.6. The molecule has 2 aromatic rings. The van der Waals surface area contributed by atoms with Crippen LogP contribution in [0, 0.1) is 10.1 Å². The van der Waals surface area contributed by atoms with E-state index in [0.29, 0.717) is 5.75 Å². The molecule has 0 fully saturated rings. The van der Waals surface area contributed by atoms with Gasteiger partial charge in [0.15, 0.2) is 0 Å². The van der Waals surface area contributed by atoms with Gasteiger partial charge in [0.2, 0.25) is 0 Å². The molecule has 0 amide bonds. The number of methoxy groups -OCH3 is 2. The van der Waals surface area contributed by atoms with Gasteiger partial charge in [-0.2, -0.15) is 0 Å². The van der Waals surface area contributed by atoms with Crippen molar-refractivity contribution in [2.45, 2.75) is 28.7 Å². The molecule has 0 aliphatic rings. The van der Waals surface area contributed by atoms with E-state index in [1.807, 2.05) is 59.1 Å².